The number of nitrogens with two attached hydrogens (primary N) is 2. The van der Waals surface area contributed by atoms with Gasteiger partial charge in [0, 0.05) is 88.2 Å². The number of hydrogen-bond donors (Lipinski definition) is 12. The molecule has 708 valence electrons. The van der Waals surface area contributed by atoms with Gasteiger partial charge in [-0.1, -0.05) is 109 Å². The summed E-state index contributed by atoms with van der Waals surface area (Å²) in [5, 5.41) is 75.0. The number of aromatic hydroxyl groups is 3. The molecular formula is C108H96ClN13O18. The van der Waals surface area contributed by atoms with Gasteiger partial charge in [0.2, 0.25) is 0 Å². The second kappa shape index (κ2) is 51.6. The van der Waals surface area contributed by atoms with E-state index in [0.29, 0.717) is 141 Å². The number of aliphatic hydroxyl groups is 2. The van der Waals surface area contributed by atoms with E-state index in [0.717, 1.165) is 33.8 Å². The molecule has 0 saturated heterocycles. The van der Waals surface area contributed by atoms with E-state index in [9.17, 15) is 54.5 Å². The fourth-order valence-electron chi connectivity index (χ4n) is 13.0. The number of pyridine rings is 5. The third-order valence-corrected chi connectivity index (χ3v) is 20.5. The first-order chi connectivity index (χ1) is 67.9. The number of phenolic OH excluding ortho intramolecular Hbond substituents is 3. The van der Waals surface area contributed by atoms with E-state index in [1.165, 1.54) is 96.3 Å². The highest BCUT2D eigenvalue weighted by Crippen LogP contribution is 2.35. The molecule has 0 aliphatic carbocycles. The minimum Gasteiger partial charge on any atom is -0.504 e. The van der Waals surface area contributed by atoms with Crippen molar-refractivity contribution in [2.45, 2.75) is 13.2 Å². The Kier molecular flexibility index (Phi) is 37.6. The van der Waals surface area contributed by atoms with E-state index in [2.05, 4.69) is 51.5 Å². The van der Waals surface area contributed by atoms with Crippen molar-refractivity contribution in [3.05, 3.63) is 416 Å². The van der Waals surface area contributed by atoms with Crippen molar-refractivity contribution < 1.29 is 82.8 Å². The van der Waals surface area contributed by atoms with Crippen molar-refractivity contribution in [1.82, 2.24) is 24.9 Å². The Bertz CT molecular complexity index is 7010. The van der Waals surface area contributed by atoms with Crippen molar-refractivity contribution in [3.8, 4) is 51.7 Å². The lowest BCUT2D eigenvalue weighted by atomic mass is 10.1. The number of methoxy groups -OCH3 is 6. The van der Waals surface area contributed by atoms with Crippen LogP contribution in [-0.4, -0.2) is 127 Å². The summed E-state index contributed by atoms with van der Waals surface area (Å²) in [6, 6.07) is 77.2. The summed E-state index contributed by atoms with van der Waals surface area (Å²) < 4.78 is 30.6. The van der Waals surface area contributed by atoms with Crippen LogP contribution in [0.2, 0.25) is 5.02 Å². The van der Waals surface area contributed by atoms with Crippen molar-refractivity contribution >= 4 is 145 Å². The fraction of sp³-hybridized carbons (Fsp3) is 0.0741. The Morgan fingerprint density at radius 2 is 0.607 bits per heavy atom. The first-order valence-electron chi connectivity index (χ1n) is 42.6. The number of nitro benzene ring substituents is 1. The SMILES string of the molecule is COc1ccc(/C=C/C(=O)c2cccnc2Nc2ccc(CO)c(OC)c2)cc1O.COc1ccc(/C=C/C(=O)c2cccnc2Nc2ccc(CO)cc2)cc1O.COc1ccc(/C=C/C(=O)c2cccnc2Nc2ccc(Cl)cc2)cc1N.COc1ccc(/C=C/C(=O)c2cccnc2Nc2ccc([N+](=O)[O-])cc2)cc1N.COc1ccc(/C=C/C(=O)c2cccnc2Nc2ccccc2)cc1O. The minimum atomic E-state index is -0.476. The molecule has 32 heteroatoms. The second-order valence-corrected chi connectivity index (χ2v) is 30.1. The van der Waals surface area contributed by atoms with Crippen molar-refractivity contribution in [2.75, 3.05) is 80.7 Å². The van der Waals surface area contributed by atoms with Crippen molar-refractivity contribution in [3.63, 3.8) is 0 Å². The number of hydrogen-bond acceptors (Lipinski definition) is 30. The predicted octanol–water partition coefficient (Wildman–Crippen LogP) is 21.5. The topological polar surface area (TPSA) is 462 Å². The number of para-hydroxylation sites is 1. The molecule has 5 heterocycles. The van der Waals surface area contributed by atoms with Crippen LogP contribution in [0.15, 0.2) is 334 Å². The zero-order valence-corrected chi connectivity index (χ0v) is 77.1. The van der Waals surface area contributed by atoms with Gasteiger partial charge in [0.25, 0.3) is 5.69 Å². The van der Waals surface area contributed by atoms with Gasteiger partial charge in [-0.05, 0) is 252 Å². The zero-order valence-electron chi connectivity index (χ0n) is 76.3. The van der Waals surface area contributed by atoms with E-state index < -0.39 is 4.92 Å². The summed E-state index contributed by atoms with van der Waals surface area (Å²) in [6.07, 6.45) is 23.4. The van der Waals surface area contributed by atoms with Gasteiger partial charge < -0.3 is 92.0 Å². The Labute approximate surface area is 810 Å². The third kappa shape index (κ3) is 29.7. The molecule has 0 radical (unpaired) electrons. The van der Waals surface area contributed by atoms with Gasteiger partial charge in [-0.25, -0.2) is 24.9 Å². The van der Waals surface area contributed by atoms with Crippen LogP contribution in [0.5, 0.6) is 51.7 Å². The summed E-state index contributed by atoms with van der Waals surface area (Å²) in [6.45, 7) is -0.165. The number of nitro groups is 1. The molecule has 0 unspecified atom stereocenters. The number of ether oxygens (including phenoxy) is 6. The van der Waals surface area contributed by atoms with Gasteiger partial charge >= 0.3 is 0 Å². The molecule has 0 atom stereocenters. The molecule has 0 aliphatic heterocycles. The van der Waals surface area contributed by atoms with Crippen LogP contribution < -0.4 is 66.5 Å². The molecule has 0 bridgehead atoms. The van der Waals surface area contributed by atoms with Crippen LogP contribution in [0.3, 0.4) is 0 Å². The maximum Gasteiger partial charge on any atom is 0.269 e. The molecule has 0 amide bonds. The predicted molar refractivity (Wildman–Crippen MR) is 545 cm³/mol. The lowest BCUT2D eigenvalue weighted by molar-refractivity contribution is -0.384. The zero-order chi connectivity index (χ0) is 99.8. The molecule has 0 aliphatic rings. The molecular weight excluding hydrogens is 1800 g/mol. The number of nitrogen functional groups attached to an aromatic ring is 2. The maximum absolute atomic E-state index is 12.7. The van der Waals surface area contributed by atoms with Crippen LogP contribution in [0.1, 0.15) is 90.7 Å². The van der Waals surface area contributed by atoms with Gasteiger partial charge in [0.1, 0.15) is 46.3 Å². The number of ketones is 5. The molecule has 10 aromatic carbocycles. The van der Waals surface area contributed by atoms with Crippen LogP contribution in [0.25, 0.3) is 30.4 Å². The first-order valence-corrected chi connectivity index (χ1v) is 43.0. The first kappa shape index (κ1) is 102. The van der Waals surface area contributed by atoms with Gasteiger partial charge in [0.05, 0.1) is 100.0 Å². The van der Waals surface area contributed by atoms with Gasteiger partial charge in [0.15, 0.2) is 63.4 Å². The van der Waals surface area contributed by atoms with E-state index >= 15 is 0 Å². The standard InChI is InChI=1S/C23H22N2O5.C22H20N2O4.C21H18ClN3O2.C21H18N4O4.C21H18N2O3/c1-29-21-10-6-15(12-20(21)28)5-9-19(27)18-4-3-11-24-23(18)25-17-8-7-16(14-26)22(13-17)30-2;1-28-21-11-7-15(13-20(21)27)6-10-19(26)18-3-2-12-23-22(18)24-17-8-4-16(14-25)5-9-17;1-27-20-11-5-14(13-18(20)23)4-10-19(26)17-3-2-12-24-21(17)25-16-8-6-15(22)7-9-16;1-29-20-11-5-14(13-18(20)22)4-10-19(26)17-3-2-12-23-21(17)24-15-6-8-16(9-7-15)25(27)28;1-26-20-12-10-15(14-19(20)25)9-11-18(24)17-8-5-13-22-21(17)23-16-6-3-2-4-7-16/h3-13,26,28H,14H2,1-2H3,(H,24,25);2-13,25,27H,14H2,1H3,(H,23,24);2-13H,23H2,1H3,(H,24,25);2-13H,22H2,1H3,(H,23,24);2-14,25H,1H3,(H,22,23)/b9-5+;10-6+;2*10-4+;11-9+. The Morgan fingerprint density at radius 1 is 0.329 bits per heavy atom. The normalized spacial score (nSPS) is 10.7. The Morgan fingerprint density at radius 3 is 0.893 bits per heavy atom. The summed E-state index contributed by atoms with van der Waals surface area (Å²) in [5.74, 6) is 3.90. The van der Waals surface area contributed by atoms with Crippen LogP contribution in [0, 0.1) is 10.1 Å². The van der Waals surface area contributed by atoms with E-state index in [4.69, 9.17) is 56.6 Å². The number of carbonyl (C=O) groups excluding carboxylic acids is 5. The molecule has 0 spiro atoms. The Balaban J connectivity index is 0.000000168. The molecule has 140 heavy (non-hydrogen) atoms. The Hall–Kier alpha value is -18.6. The van der Waals surface area contributed by atoms with E-state index in [1.807, 2.05) is 60.7 Å². The number of aromatic nitrogens is 5. The van der Waals surface area contributed by atoms with Crippen LogP contribution in [0.4, 0.5) is 74.6 Å². The third-order valence-electron chi connectivity index (χ3n) is 20.2. The number of halogens is 1. The highest BCUT2D eigenvalue weighted by Gasteiger charge is 2.19. The number of anilines is 12. The molecule has 15 rings (SSSR count). The molecule has 15 aromatic rings. The van der Waals surface area contributed by atoms with E-state index in [-0.39, 0.29) is 65.1 Å². The summed E-state index contributed by atoms with van der Waals surface area (Å²) >= 11 is 5.90. The number of benzene rings is 10. The lowest BCUT2D eigenvalue weighted by Gasteiger charge is -2.12. The highest BCUT2D eigenvalue weighted by atomic mass is 35.5. The quantitative estimate of drug-likeness (QED) is 0.00586. The number of phenols is 3. The number of allylic oxidation sites excluding steroid dienone is 5. The monoisotopic (exact) mass is 1900 g/mol. The van der Waals surface area contributed by atoms with Crippen LogP contribution in [-0.2, 0) is 13.2 Å². The number of non-ortho nitro benzene ring substituents is 1. The number of nitrogens with zero attached hydrogens (tertiary/aromatic N) is 6. The molecule has 31 nitrogen and oxygen atoms in total. The largest absolute Gasteiger partial charge is 0.504 e. The highest BCUT2D eigenvalue weighted by molar-refractivity contribution is 6.30. The number of carbonyl (C=O) groups is 5. The molecule has 5 aromatic heterocycles. The van der Waals surface area contributed by atoms with E-state index in [1.54, 1.807) is 250 Å². The second-order valence-electron chi connectivity index (χ2n) is 29.6. The van der Waals surface area contributed by atoms with Crippen molar-refractivity contribution in [1.29, 1.82) is 0 Å². The lowest BCUT2D eigenvalue weighted by Crippen LogP contribution is -2.04. The number of aliphatic hydroxyl groups excluding tert-OH is 2. The molecule has 14 N–H and O–H groups in total. The summed E-state index contributed by atoms with van der Waals surface area (Å²) in [5.41, 5.74) is 23.5. The maximum atomic E-state index is 12.7. The average molecular weight is 1900 g/mol. The smallest absolute Gasteiger partial charge is 0.269 e. The van der Waals surface area contributed by atoms with Crippen LogP contribution >= 0.6 is 11.6 Å². The minimum absolute atomic E-state index is 0.00361. The molecule has 0 saturated carbocycles. The molecule has 0 fully saturated rings. The van der Waals surface area contributed by atoms with Crippen molar-refractivity contribution in [2.24, 2.45) is 0 Å². The van der Waals surface area contributed by atoms with Gasteiger partial charge in [-0.3, -0.25) is 34.1 Å². The van der Waals surface area contributed by atoms with Gasteiger partial charge in [-0.2, -0.15) is 0 Å². The average Bonchev–Trinajstić information content (AvgIpc) is 0.851. The number of nitrogens with one attached hydrogen (secondary N) is 5. The van der Waals surface area contributed by atoms with Gasteiger partial charge in [-0.15, -0.1) is 0 Å². The fourth-order valence-corrected chi connectivity index (χ4v) is 13.1. The summed E-state index contributed by atoms with van der Waals surface area (Å²) in [7, 11) is 9.04. The number of rotatable bonds is 34. The summed E-state index contributed by atoms with van der Waals surface area (Å²) in [4.78, 5) is 94.9.